The van der Waals surface area contributed by atoms with Crippen molar-refractivity contribution in [2.24, 2.45) is 5.92 Å². The maximum absolute atomic E-state index is 12.8. The zero-order valence-corrected chi connectivity index (χ0v) is 9.59. The van der Waals surface area contributed by atoms with Gasteiger partial charge in [0.05, 0.1) is 0 Å². The van der Waals surface area contributed by atoms with Gasteiger partial charge in [0.2, 0.25) is 0 Å². The molecule has 0 fully saturated rings. The second-order valence-corrected chi connectivity index (χ2v) is 3.97. The van der Waals surface area contributed by atoms with Crippen LogP contribution in [0.5, 0.6) is 0 Å². The minimum atomic E-state index is -0.540. The second-order valence-electron chi connectivity index (χ2n) is 3.97. The third kappa shape index (κ3) is 4.68. The maximum Gasteiger partial charge on any atom is 0.126 e. The van der Waals surface area contributed by atoms with Crippen LogP contribution in [0.25, 0.3) is 0 Å². The molecule has 0 saturated carbocycles. The van der Waals surface area contributed by atoms with Gasteiger partial charge in [-0.05, 0) is 23.6 Å². The van der Waals surface area contributed by atoms with Gasteiger partial charge in [-0.1, -0.05) is 6.92 Å². The average Bonchev–Trinajstić information content (AvgIpc) is 2.16. The molecule has 90 valence electrons. The van der Waals surface area contributed by atoms with Gasteiger partial charge < -0.3 is 10.1 Å². The minimum Gasteiger partial charge on any atom is -0.384 e. The lowest BCUT2D eigenvalue weighted by molar-refractivity contribution is 0.158. The number of benzene rings is 1. The topological polar surface area (TPSA) is 21.3 Å². The Morgan fingerprint density at radius 3 is 2.44 bits per heavy atom. The summed E-state index contributed by atoms with van der Waals surface area (Å²) in [6.07, 6.45) is 0. The van der Waals surface area contributed by atoms with Crippen LogP contribution in [0.2, 0.25) is 0 Å². The molecule has 1 aromatic rings. The first-order chi connectivity index (χ1) is 7.61. The van der Waals surface area contributed by atoms with Crippen LogP contribution in [0.1, 0.15) is 12.5 Å². The van der Waals surface area contributed by atoms with Gasteiger partial charge in [-0.15, -0.1) is 0 Å². The van der Waals surface area contributed by atoms with Crippen LogP contribution in [-0.4, -0.2) is 20.3 Å². The van der Waals surface area contributed by atoms with Crippen LogP contribution in [0.15, 0.2) is 18.2 Å². The van der Waals surface area contributed by atoms with E-state index in [9.17, 15) is 8.78 Å². The van der Waals surface area contributed by atoms with E-state index in [1.54, 1.807) is 7.11 Å². The molecule has 0 amide bonds. The molecule has 1 N–H and O–H groups in total. The van der Waals surface area contributed by atoms with Crippen molar-refractivity contribution in [1.82, 2.24) is 5.32 Å². The lowest BCUT2D eigenvalue weighted by atomic mass is 10.2. The molecular formula is C12H17F2NO. The Balaban J connectivity index is 2.37. The van der Waals surface area contributed by atoms with E-state index in [4.69, 9.17) is 4.74 Å². The number of nitrogens with one attached hydrogen (secondary N) is 1. The van der Waals surface area contributed by atoms with E-state index in [0.29, 0.717) is 24.6 Å². The van der Waals surface area contributed by atoms with Crippen LogP contribution < -0.4 is 5.32 Å². The summed E-state index contributed by atoms with van der Waals surface area (Å²) in [7, 11) is 1.65. The molecule has 0 saturated heterocycles. The monoisotopic (exact) mass is 229 g/mol. The molecule has 1 unspecified atom stereocenters. The molecular weight excluding hydrogens is 212 g/mol. The van der Waals surface area contributed by atoms with Gasteiger partial charge in [-0.2, -0.15) is 0 Å². The fourth-order valence-corrected chi connectivity index (χ4v) is 1.52. The summed E-state index contributed by atoms with van der Waals surface area (Å²) >= 11 is 0. The summed E-state index contributed by atoms with van der Waals surface area (Å²) in [5.41, 5.74) is 0.613. The first-order valence-corrected chi connectivity index (χ1v) is 5.26. The molecule has 4 heteroatoms. The molecule has 0 aromatic heterocycles. The molecule has 0 aliphatic carbocycles. The van der Waals surface area contributed by atoms with Gasteiger partial charge >= 0.3 is 0 Å². The average molecular weight is 229 g/mol. The maximum atomic E-state index is 12.8. The normalized spacial score (nSPS) is 12.8. The number of hydrogen-bond acceptors (Lipinski definition) is 2. The van der Waals surface area contributed by atoms with E-state index in [2.05, 4.69) is 5.32 Å². The number of ether oxygens (including phenoxy) is 1. The SMILES string of the molecule is COCC(C)CNCc1cc(F)cc(F)c1. The van der Waals surface area contributed by atoms with Crippen molar-refractivity contribution in [3.8, 4) is 0 Å². The van der Waals surface area contributed by atoms with E-state index in [0.717, 1.165) is 12.6 Å². The van der Waals surface area contributed by atoms with Gasteiger partial charge in [-0.25, -0.2) is 8.78 Å². The zero-order valence-electron chi connectivity index (χ0n) is 9.59. The molecule has 1 atom stereocenters. The minimum absolute atomic E-state index is 0.378. The Labute approximate surface area is 94.6 Å². The van der Waals surface area contributed by atoms with Crippen LogP contribution in [-0.2, 0) is 11.3 Å². The van der Waals surface area contributed by atoms with E-state index < -0.39 is 11.6 Å². The largest absolute Gasteiger partial charge is 0.384 e. The first kappa shape index (κ1) is 13.1. The smallest absolute Gasteiger partial charge is 0.126 e. The van der Waals surface area contributed by atoms with Gasteiger partial charge in [0.1, 0.15) is 11.6 Å². The summed E-state index contributed by atoms with van der Waals surface area (Å²) < 4.78 is 30.7. The lowest BCUT2D eigenvalue weighted by Crippen LogP contribution is -2.23. The summed E-state index contributed by atoms with van der Waals surface area (Å²) in [6.45, 7) is 3.93. The highest BCUT2D eigenvalue weighted by Gasteiger charge is 2.03. The Morgan fingerprint density at radius 1 is 1.25 bits per heavy atom. The van der Waals surface area contributed by atoms with Crippen molar-refractivity contribution < 1.29 is 13.5 Å². The molecule has 0 aliphatic rings. The standard InChI is InChI=1S/C12H17F2NO/c1-9(8-16-2)6-15-7-10-3-11(13)5-12(14)4-10/h3-5,9,15H,6-8H2,1-2H3. The quantitative estimate of drug-likeness (QED) is 0.808. The highest BCUT2D eigenvalue weighted by molar-refractivity contribution is 5.17. The lowest BCUT2D eigenvalue weighted by Gasteiger charge is -2.11. The fourth-order valence-electron chi connectivity index (χ4n) is 1.52. The van der Waals surface area contributed by atoms with Gasteiger partial charge in [0.25, 0.3) is 0 Å². The Morgan fingerprint density at radius 2 is 1.88 bits per heavy atom. The molecule has 0 spiro atoms. The van der Waals surface area contributed by atoms with Crippen LogP contribution >= 0.6 is 0 Å². The third-order valence-electron chi connectivity index (χ3n) is 2.20. The summed E-state index contributed by atoms with van der Waals surface area (Å²) in [5, 5.41) is 3.13. The van der Waals surface area contributed by atoms with Crippen molar-refractivity contribution >= 4 is 0 Å². The highest BCUT2D eigenvalue weighted by Crippen LogP contribution is 2.07. The molecule has 16 heavy (non-hydrogen) atoms. The molecule has 0 aliphatic heterocycles. The molecule has 0 heterocycles. The number of rotatable bonds is 6. The first-order valence-electron chi connectivity index (χ1n) is 5.26. The Kier molecular flexibility index (Phi) is 5.35. The summed E-state index contributed by atoms with van der Waals surface area (Å²) in [4.78, 5) is 0. The molecule has 1 aromatic carbocycles. The number of methoxy groups -OCH3 is 1. The number of hydrogen-bond donors (Lipinski definition) is 1. The Bertz CT molecular complexity index is 311. The van der Waals surface area contributed by atoms with Crippen molar-refractivity contribution in [2.75, 3.05) is 20.3 Å². The predicted octanol–water partition coefficient (Wildman–Crippen LogP) is 2.34. The van der Waals surface area contributed by atoms with Crippen molar-refractivity contribution in [3.63, 3.8) is 0 Å². The summed E-state index contributed by atoms with van der Waals surface area (Å²) in [5.74, 6) is -0.702. The van der Waals surface area contributed by atoms with Gasteiger partial charge in [-0.3, -0.25) is 0 Å². The summed E-state index contributed by atoms with van der Waals surface area (Å²) in [6, 6.07) is 3.53. The van der Waals surface area contributed by atoms with Crippen LogP contribution in [0, 0.1) is 17.6 Å². The molecule has 0 bridgehead atoms. The Hall–Kier alpha value is -1.00. The second kappa shape index (κ2) is 6.55. The van der Waals surface area contributed by atoms with Crippen molar-refractivity contribution in [3.05, 3.63) is 35.4 Å². The zero-order chi connectivity index (χ0) is 12.0. The van der Waals surface area contributed by atoms with Crippen molar-refractivity contribution in [2.45, 2.75) is 13.5 Å². The number of halogens is 2. The van der Waals surface area contributed by atoms with Crippen LogP contribution in [0.3, 0.4) is 0 Å². The van der Waals surface area contributed by atoms with Crippen molar-refractivity contribution in [1.29, 1.82) is 0 Å². The van der Waals surface area contributed by atoms with Gasteiger partial charge in [0, 0.05) is 32.9 Å². The predicted molar refractivity (Wildman–Crippen MR) is 59.1 cm³/mol. The molecule has 2 nitrogen and oxygen atoms in total. The van der Waals surface area contributed by atoms with E-state index in [1.807, 2.05) is 6.92 Å². The van der Waals surface area contributed by atoms with Crippen LogP contribution in [0.4, 0.5) is 8.78 Å². The van der Waals surface area contributed by atoms with E-state index in [-0.39, 0.29) is 0 Å². The molecule has 1 rings (SSSR count). The fraction of sp³-hybridized carbons (Fsp3) is 0.500. The third-order valence-corrected chi connectivity index (χ3v) is 2.20. The van der Waals surface area contributed by atoms with Gasteiger partial charge in [0.15, 0.2) is 0 Å². The van der Waals surface area contributed by atoms with E-state index in [1.165, 1.54) is 12.1 Å². The molecule has 0 radical (unpaired) electrons. The highest BCUT2D eigenvalue weighted by atomic mass is 19.1. The van der Waals surface area contributed by atoms with E-state index >= 15 is 0 Å².